The Balaban J connectivity index is 1.51. The number of nitriles is 1. The summed E-state index contributed by atoms with van der Waals surface area (Å²) >= 11 is 0. The van der Waals surface area contributed by atoms with Gasteiger partial charge in [0.15, 0.2) is 5.60 Å². The Labute approximate surface area is 204 Å². The summed E-state index contributed by atoms with van der Waals surface area (Å²) in [5.41, 5.74) is -1.76. The molecule has 0 radical (unpaired) electrons. The van der Waals surface area contributed by atoms with Crippen LogP contribution in [0.15, 0.2) is 54.6 Å². The van der Waals surface area contributed by atoms with Gasteiger partial charge in [-0.2, -0.15) is 18.4 Å². The van der Waals surface area contributed by atoms with E-state index in [1.165, 1.54) is 29.8 Å². The lowest BCUT2D eigenvalue weighted by molar-refractivity contribution is -0.258. The maximum Gasteiger partial charge on any atom is 0.421 e. The van der Waals surface area contributed by atoms with E-state index >= 15 is 0 Å². The lowest BCUT2D eigenvalue weighted by Crippen LogP contribution is -2.46. The van der Waals surface area contributed by atoms with E-state index < -0.39 is 11.8 Å². The maximum absolute atomic E-state index is 13.5. The first-order valence-electron chi connectivity index (χ1n) is 12.2. The average molecular weight is 485 g/mol. The van der Waals surface area contributed by atoms with Crippen LogP contribution in [0.4, 0.5) is 13.2 Å². The van der Waals surface area contributed by atoms with Crippen LogP contribution in [0.1, 0.15) is 79.8 Å². The zero-order valence-electron chi connectivity index (χ0n) is 19.9. The molecule has 2 fully saturated rings. The first kappa shape index (κ1) is 25.2. The standard InChI is InChI=1S/C28H31F3N2O2/c1-26(35,28(29,30)31)21-10-8-20(9-11-21)25(34)33(23-12-13-23)24-14-17-27(18-15-24,16-5-19-32)22-6-3-2-4-7-22/h2-4,6-11,23-24,35H,5,12-18H2,1H3/t24-,26-,27-/m0/s1. The molecule has 2 aliphatic carbocycles. The van der Waals surface area contributed by atoms with E-state index in [2.05, 4.69) is 18.2 Å². The van der Waals surface area contributed by atoms with E-state index in [-0.39, 0.29) is 29.0 Å². The van der Waals surface area contributed by atoms with Gasteiger partial charge in [-0.15, -0.1) is 0 Å². The van der Waals surface area contributed by atoms with Gasteiger partial charge < -0.3 is 10.0 Å². The maximum atomic E-state index is 13.5. The molecular formula is C28H31F3N2O2. The Hall–Kier alpha value is -2.85. The van der Waals surface area contributed by atoms with Gasteiger partial charge in [-0.25, -0.2) is 0 Å². The highest BCUT2D eigenvalue weighted by atomic mass is 19.4. The first-order valence-corrected chi connectivity index (χ1v) is 12.2. The summed E-state index contributed by atoms with van der Waals surface area (Å²) < 4.78 is 39.6. The van der Waals surface area contributed by atoms with Crippen LogP contribution in [0, 0.1) is 11.3 Å². The summed E-state index contributed by atoms with van der Waals surface area (Å²) in [4.78, 5) is 15.4. The fourth-order valence-electron chi connectivity index (χ4n) is 5.44. The summed E-state index contributed by atoms with van der Waals surface area (Å²) in [5, 5.41) is 19.1. The van der Waals surface area contributed by atoms with Crippen molar-refractivity contribution < 1.29 is 23.1 Å². The second-order valence-corrected chi connectivity index (χ2v) is 10.1. The van der Waals surface area contributed by atoms with Gasteiger partial charge in [0, 0.05) is 24.1 Å². The van der Waals surface area contributed by atoms with Gasteiger partial charge in [0.25, 0.3) is 5.91 Å². The smallest absolute Gasteiger partial charge is 0.376 e. The number of benzene rings is 2. The molecular weight excluding hydrogens is 453 g/mol. The van der Waals surface area contributed by atoms with Gasteiger partial charge in [-0.1, -0.05) is 42.5 Å². The Bertz CT molecular complexity index is 1060. The van der Waals surface area contributed by atoms with Crippen molar-refractivity contribution in [3.63, 3.8) is 0 Å². The van der Waals surface area contributed by atoms with Crippen LogP contribution in [0.3, 0.4) is 0 Å². The molecule has 7 heteroatoms. The van der Waals surface area contributed by atoms with Gasteiger partial charge in [-0.05, 0) is 80.5 Å². The van der Waals surface area contributed by atoms with Crippen LogP contribution in [-0.4, -0.2) is 34.2 Å². The zero-order chi connectivity index (χ0) is 25.3. The third-order valence-electron chi connectivity index (χ3n) is 7.83. The number of hydrogen-bond acceptors (Lipinski definition) is 3. The molecule has 0 spiro atoms. The highest BCUT2D eigenvalue weighted by Crippen LogP contribution is 2.46. The lowest BCUT2D eigenvalue weighted by atomic mass is 9.65. The number of carbonyl (C=O) groups excluding carboxylic acids is 1. The van der Waals surface area contributed by atoms with Crippen LogP contribution in [0.25, 0.3) is 0 Å². The molecule has 0 aromatic heterocycles. The molecule has 0 heterocycles. The van der Waals surface area contributed by atoms with Crippen molar-refractivity contribution >= 4 is 5.91 Å². The molecule has 2 aromatic carbocycles. The van der Waals surface area contributed by atoms with E-state index in [0.29, 0.717) is 18.9 Å². The molecule has 4 nitrogen and oxygen atoms in total. The van der Waals surface area contributed by atoms with Crippen LogP contribution in [0.2, 0.25) is 0 Å². The van der Waals surface area contributed by atoms with E-state index in [0.717, 1.165) is 44.9 Å². The Kier molecular flexibility index (Phi) is 6.97. The van der Waals surface area contributed by atoms with Crippen molar-refractivity contribution in [1.29, 1.82) is 5.26 Å². The number of carbonyl (C=O) groups is 1. The average Bonchev–Trinajstić information content (AvgIpc) is 3.69. The predicted octanol–water partition coefficient (Wildman–Crippen LogP) is 6.25. The zero-order valence-corrected chi connectivity index (χ0v) is 19.9. The molecule has 1 atom stereocenters. The first-order chi connectivity index (χ1) is 16.6. The highest BCUT2D eigenvalue weighted by Gasteiger charge is 2.51. The normalized spacial score (nSPS) is 24.3. The minimum Gasteiger partial charge on any atom is -0.376 e. The summed E-state index contributed by atoms with van der Waals surface area (Å²) in [6, 6.07) is 17.9. The molecule has 1 amide bonds. The molecule has 1 N–H and O–H groups in total. The van der Waals surface area contributed by atoms with Gasteiger partial charge in [0.2, 0.25) is 0 Å². The summed E-state index contributed by atoms with van der Waals surface area (Å²) in [6.45, 7) is 0.716. The van der Waals surface area contributed by atoms with E-state index in [1.807, 2.05) is 23.1 Å². The number of hydrogen-bond donors (Lipinski definition) is 1. The van der Waals surface area contributed by atoms with Gasteiger partial charge in [0.05, 0.1) is 6.07 Å². The topological polar surface area (TPSA) is 64.3 Å². The fraction of sp³-hybridized carbons (Fsp3) is 0.500. The Morgan fingerprint density at radius 3 is 2.11 bits per heavy atom. The number of amides is 1. The van der Waals surface area contributed by atoms with Crippen LogP contribution >= 0.6 is 0 Å². The number of alkyl halides is 3. The highest BCUT2D eigenvalue weighted by molar-refractivity contribution is 5.95. The molecule has 2 aliphatic rings. The van der Waals surface area contributed by atoms with E-state index in [4.69, 9.17) is 0 Å². The second-order valence-electron chi connectivity index (χ2n) is 10.1. The molecule has 2 aromatic rings. The molecule has 0 unspecified atom stereocenters. The number of nitrogens with zero attached hydrogens (tertiary/aromatic N) is 2. The monoisotopic (exact) mass is 484 g/mol. The molecule has 35 heavy (non-hydrogen) atoms. The van der Waals surface area contributed by atoms with Gasteiger partial charge >= 0.3 is 6.18 Å². The molecule has 4 rings (SSSR count). The molecule has 0 saturated heterocycles. The van der Waals surface area contributed by atoms with Crippen molar-refractivity contribution in [2.24, 2.45) is 0 Å². The van der Waals surface area contributed by atoms with Crippen LogP contribution in [-0.2, 0) is 11.0 Å². The third-order valence-corrected chi connectivity index (χ3v) is 7.83. The Morgan fingerprint density at radius 1 is 1.03 bits per heavy atom. The number of halogens is 3. The summed E-state index contributed by atoms with van der Waals surface area (Å²) in [6.07, 6.45) is 1.74. The SMILES string of the molecule is C[C@](O)(c1ccc(C(=O)N(C2CC2)[C@H]2CC[C@](CCC#N)(c3ccccc3)CC2)cc1)C(F)(F)F. The van der Waals surface area contributed by atoms with Crippen molar-refractivity contribution in [2.45, 2.75) is 87.6 Å². The minimum atomic E-state index is -4.81. The quantitative estimate of drug-likeness (QED) is 0.506. The minimum absolute atomic E-state index is 0.0619. The molecule has 186 valence electrons. The second kappa shape index (κ2) is 9.66. The molecule has 0 bridgehead atoms. The predicted molar refractivity (Wildman–Crippen MR) is 126 cm³/mol. The van der Waals surface area contributed by atoms with E-state index in [1.54, 1.807) is 0 Å². The summed E-state index contributed by atoms with van der Waals surface area (Å²) in [7, 11) is 0. The van der Waals surface area contributed by atoms with Crippen molar-refractivity contribution in [2.75, 3.05) is 0 Å². The van der Waals surface area contributed by atoms with Crippen molar-refractivity contribution in [3.8, 4) is 6.07 Å². The van der Waals surface area contributed by atoms with E-state index in [9.17, 15) is 28.3 Å². The van der Waals surface area contributed by atoms with Crippen molar-refractivity contribution in [1.82, 2.24) is 4.90 Å². The lowest BCUT2D eigenvalue weighted by Gasteiger charge is -2.44. The van der Waals surface area contributed by atoms with Gasteiger partial charge in [0.1, 0.15) is 0 Å². The number of rotatable bonds is 7. The van der Waals surface area contributed by atoms with Crippen molar-refractivity contribution in [3.05, 3.63) is 71.3 Å². The molecule has 0 aliphatic heterocycles. The summed E-state index contributed by atoms with van der Waals surface area (Å²) in [5.74, 6) is -0.167. The fourth-order valence-corrected chi connectivity index (χ4v) is 5.44. The largest absolute Gasteiger partial charge is 0.421 e. The van der Waals surface area contributed by atoms with Gasteiger partial charge in [-0.3, -0.25) is 4.79 Å². The Morgan fingerprint density at radius 2 is 1.60 bits per heavy atom. The van der Waals surface area contributed by atoms with Crippen LogP contribution < -0.4 is 0 Å². The third kappa shape index (κ3) is 5.08. The number of aliphatic hydroxyl groups is 1. The van der Waals surface area contributed by atoms with Crippen LogP contribution in [0.5, 0.6) is 0 Å². The molecule has 2 saturated carbocycles.